The van der Waals surface area contributed by atoms with E-state index >= 15 is 0 Å². The number of hydrogen-bond acceptors (Lipinski definition) is 2. The van der Waals surface area contributed by atoms with Gasteiger partial charge in [0.05, 0.1) is 15.5 Å². The topological polar surface area (TPSA) is 25.2 Å². The lowest BCUT2D eigenvalue weighted by Gasteiger charge is -2.46. The molecule has 1 aliphatic carbocycles. The molecule has 0 amide bonds. The molecule has 302 valence electrons. The summed E-state index contributed by atoms with van der Waals surface area (Å²) in [5.74, 6) is 2.71. The standard InChI is InChI=1S/C59H34N5OSi/c1-5-21-41-35(15-1)36-16-2-6-22-42(36)59(41)43-23-7-8-25-45(43)61-52-30-13-31-53-63(52)64(46-26-12-24-44(59)55(46)61)57-47(65-53)32-33-51-56(57)62-54-39(40-20-14-34-60(64)58(40)62)19-11-29-50(54)66(51)48-27-9-3-17-37(48)38-18-4-10-28-49(38)66/h1-34H/q+3. The maximum absolute atomic E-state index is 7.37. The highest BCUT2D eigenvalue weighted by Crippen LogP contribution is 2.67. The van der Waals surface area contributed by atoms with Crippen LogP contribution in [0.1, 0.15) is 22.3 Å². The lowest BCUT2D eigenvalue weighted by molar-refractivity contribution is -1.03. The average molecular weight is 857 g/mol. The van der Waals surface area contributed by atoms with Gasteiger partial charge in [-0.1, -0.05) is 146 Å². The second-order valence-corrected chi connectivity index (χ2v) is 22.5. The summed E-state index contributed by atoms with van der Waals surface area (Å²) >= 11 is 0. The second-order valence-electron chi connectivity index (χ2n) is 18.9. The van der Waals surface area contributed by atoms with E-state index in [0.29, 0.717) is 0 Å². The average Bonchev–Trinajstić information content (AvgIpc) is 3.99. The van der Waals surface area contributed by atoms with E-state index in [1.165, 1.54) is 110 Å². The molecule has 7 aliphatic rings. The fourth-order valence-electron chi connectivity index (χ4n) is 14.6. The maximum atomic E-state index is 7.37. The van der Waals surface area contributed by atoms with Crippen LogP contribution in [0.3, 0.4) is 0 Å². The van der Waals surface area contributed by atoms with E-state index in [0.717, 1.165) is 23.1 Å². The molecule has 66 heavy (non-hydrogen) atoms. The summed E-state index contributed by atoms with van der Waals surface area (Å²) < 4.78 is 15.3. The van der Waals surface area contributed by atoms with E-state index in [9.17, 15) is 0 Å². The number of ether oxygens (including phenoxy) is 1. The van der Waals surface area contributed by atoms with Crippen LogP contribution >= 0.6 is 0 Å². The minimum atomic E-state index is -2.95. The number of hydrogen-bond donors (Lipinski definition) is 0. The molecule has 1 unspecified atom stereocenters. The number of nitrogens with zero attached hydrogens (tertiary/aromatic N) is 5. The molecule has 0 bridgehead atoms. The van der Waals surface area contributed by atoms with Gasteiger partial charge in [0.2, 0.25) is 17.1 Å². The molecule has 0 N–H and O–H groups in total. The predicted molar refractivity (Wildman–Crippen MR) is 262 cm³/mol. The fraction of sp³-hybridized carbons (Fsp3) is 0.0169. The monoisotopic (exact) mass is 856 g/mol. The molecule has 3 spiro atoms. The van der Waals surface area contributed by atoms with Gasteiger partial charge in [-0.05, 0) is 84.8 Å². The van der Waals surface area contributed by atoms with Crippen molar-refractivity contribution in [2.45, 2.75) is 5.41 Å². The van der Waals surface area contributed by atoms with Gasteiger partial charge < -0.3 is 4.74 Å². The highest BCUT2D eigenvalue weighted by Gasteiger charge is 2.72. The Kier molecular flexibility index (Phi) is 5.33. The summed E-state index contributed by atoms with van der Waals surface area (Å²) in [6.07, 6.45) is 2.33. The molecule has 9 heterocycles. The van der Waals surface area contributed by atoms with Crippen molar-refractivity contribution in [2.24, 2.45) is 0 Å². The van der Waals surface area contributed by atoms with Gasteiger partial charge in [0.25, 0.3) is 5.69 Å². The van der Waals surface area contributed by atoms with Crippen LogP contribution in [0.4, 0.5) is 28.6 Å². The Balaban J connectivity index is 1.08. The summed E-state index contributed by atoms with van der Waals surface area (Å²) in [6, 6.07) is 76.3. The maximum Gasteiger partial charge on any atom is 0.350 e. The van der Waals surface area contributed by atoms with E-state index in [1.807, 2.05) is 0 Å². The molecule has 1 atom stereocenters. The molecular formula is C59H34N5OSi+3. The summed E-state index contributed by atoms with van der Waals surface area (Å²) in [7, 11) is -2.95. The Morgan fingerprint density at radius 3 is 1.91 bits per heavy atom. The van der Waals surface area contributed by atoms with E-state index in [4.69, 9.17) is 4.74 Å². The van der Waals surface area contributed by atoms with Crippen LogP contribution in [0.15, 0.2) is 206 Å². The Morgan fingerprint density at radius 2 is 1.12 bits per heavy atom. The normalized spacial score (nSPS) is 18.1. The number of aromatic nitrogens is 3. The molecule has 8 aromatic carbocycles. The molecule has 0 saturated carbocycles. The van der Waals surface area contributed by atoms with Gasteiger partial charge in [-0.15, -0.1) is 0 Å². The summed E-state index contributed by atoms with van der Waals surface area (Å²) in [6.45, 7) is 0. The third-order valence-corrected chi connectivity index (χ3v) is 21.5. The van der Waals surface area contributed by atoms with E-state index in [2.05, 4.69) is 225 Å². The third-order valence-electron chi connectivity index (χ3n) is 16.6. The SMILES string of the molecule is c1ccc2c(c1)-c1ccccc1C21c2ccccc2N2c3c1cccc3[N+]13c4c(ccc5c4-n4c6c(cccc6c6ccc[n+]1c64)[Si]51c4ccccc4-c4ccccc41)Oc1cccc2[n+]13. The van der Waals surface area contributed by atoms with Gasteiger partial charge in [-0.3, -0.25) is 0 Å². The molecular weight excluding hydrogens is 823 g/mol. The lowest BCUT2D eigenvalue weighted by atomic mass is 9.64. The van der Waals surface area contributed by atoms with E-state index in [1.54, 1.807) is 0 Å². The van der Waals surface area contributed by atoms with Crippen molar-refractivity contribution >= 4 is 79.3 Å². The molecule has 3 aromatic heterocycles. The largest absolute Gasteiger partial charge is 0.412 e. The first-order chi connectivity index (χ1) is 32.8. The Morgan fingerprint density at radius 1 is 0.485 bits per heavy atom. The summed E-state index contributed by atoms with van der Waals surface area (Å²) in [5, 5.41) is 8.30. The van der Waals surface area contributed by atoms with Crippen molar-refractivity contribution in [3.8, 4) is 39.6 Å². The van der Waals surface area contributed by atoms with Gasteiger partial charge in [-0.25, -0.2) is 0 Å². The quantitative estimate of drug-likeness (QED) is 0.0864. The molecule has 0 fully saturated rings. The first kappa shape index (κ1) is 33.2. The zero-order valence-corrected chi connectivity index (χ0v) is 36.3. The van der Waals surface area contributed by atoms with Crippen molar-refractivity contribution in [3.05, 3.63) is 229 Å². The van der Waals surface area contributed by atoms with Gasteiger partial charge in [-0.2, -0.15) is 9.47 Å². The first-order valence-electron chi connectivity index (χ1n) is 23.0. The number of rotatable bonds is 0. The van der Waals surface area contributed by atoms with Gasteiger partial charge in [0, 0.05) is 49.8 Å². The van der Waals surface area contributed by atoms with Crippen LogP contribution in [-0.2, 0) is 5.41 Å². The van der Waals surface area contributed by atoms with Crippen molar-refractivity contribution in [1.29, 1.82) is 0 Å². The van der Waals surface area contributed by atoms with Gasteiger partial charge in [0.1, 0.15) is 11.2 Å². The second kappa shape index (κ2) is 10.6. The minimum absolute atomic E-state index is 0.266. The predicted octanol–water partition coefficient (Wildman–Crippen LogP) is 9.47. The summed E-state index contributed by atoms with van der Waals surface area (Å²) in [4.78, 5) is 2.55. The number of quaternary nitrogens is 1. The first-order valence-corrected chi connectivity index (χ1v) is 25.0. The van der Waals surface area contributed by atoms with Crippen LogP contribution in [0.25, 0.3) is 49.9 Å². The van der Waals surface area contributed by atoms with Crippen molar-refractivity contribution in [2.75, 3.05) is 4.90 Å². The zero-order chi connectivity index (χ0) is 42.4. The zero-order valence-electron chi connectivity index (χ0n) is 35.3. The molecule has 6 aliphatic heterocycles. The third kappa shape index (κ3) is 3.10. The minimum Gasteiger partial charge on any atom is -0.412 e. The lowest BCUT2D eigenvalue weighted by Crippen LogP contribution is -2.88. The number of benzene rings is 8. The Bertz CT molecular complexity index is 4120. The van der Waals surface area contributed by atoms with Crippen molar-refractivity contribution in [3.63, 3.8) is 0 Å². The molecule has 7 heteroatoms. The molecule has 6 nitrogen and oxygen atoms in total. The van der Waals surface area contributed by atoms with Crippen LogP contribution in [0.2, 0.25) is 0 Å². The summed E-state index contributed by atoms with van der Waals surface area (Å²) in [5.41, 5.74) is 18.4. The van der Waals surface area contributed by atoms with Crippen LogP contribution in [0.5, 0.6) is 11.6 Å². The molecule has 0 saturated heterocycles. The van der Waals surface area contributed by atoms with E-state index < -0.39 is 13.5 Å². The van der Waals surface area contributed by atoms with Gasteiger partial charge >= 0.3 is 23.0 Å². The van der Waals surface area contributed by atoms with E-state index in [-0.39, 0.29) is 4.70 Å². The number of para-hydroxylation sites is 3. The Labute approximate surface area is 379 Å². The molecule has 18 rings (SSSR count). The van der Waals surface area contributed by atoms with Crippen molar-refractivity contribution < 1.29 is 14.1 Å². The molecule has 11 aromatic rings. The number of anilines is 3. The van der Waals surface area contributed by atoms with Crippen molar-refractivity contribution in [1.82, 2.24) is 9.27 Å². The fourth-order valence-corrected chi connectivity index (χ4v) is 20.2. The molecule has 0 radical (unpaired) electrons. The number of fused-ring (bicyclic) bond motifs is 18. The number of pyridine rings is 2. The highest BCUT2D eigenvalue weighted by atomic mass is 28.3. The Hall–Kier alpha value is -8.36. The smallest absolute Gasteiger partial charge is 0.350 e. The van der Waals surface area contributed by atoms with Crippen LogP contribution in [0, 0.1) is 0 Å². The van der Waals surface area contributed by atoms with Gasteiger partial charge in [0.15, 0.2) is 14.3 Å². The highest BCUT2D eigenvalue weighted by molar-refractivity contribution is 7.23. The van der Waals surface area contributed by atoms with Crippen LogP contribution in [-0.4, -0.2) is 12.6 Å². The van der Waals surface area contributed by atoms with Crippen LogP contribution < -0.4 is 44.4 Å².